The van der Waals surface area contributed by atoms with Gasteiger partial charge in [0.15, 0.2) is 16.9 Å². The van der Waals surface area contributed by atoms with Crippen LogP contribution in [-0.2, 0) is 11.2 Å². The molecule has 0 radical (unpaired) electrons. The SMILES string of the molecule is COCC1CCc2cc(O)c(OC)c(OC)c2-c2ccc(SC)c(=O)cc21. The number of hydrogen-bond donors (Lipinski definition) is 1. The molecule has 0 saturated carbocycles. The maximum atomic E-state index is 12.7. The molecule has 0 fully saturated rings. The first-order chi connectivity index (χ1) is 13.0. The zero-order valence-electron chi connectivity index (χ0n) is 16.0. The van der Waals surface area contributed by atoms with E-state index in [4.69, 9.17) is 14.2 Å². The number of thioether (sulfide) groups is 1. The monoisotopic (exact) mass is 388 g/mol. The summed E-state index contributed by atoms with van der Waals surface area (Å²) in [5.74, 6) is 0.905. The second-order valence-electron chi connectivity index (χ2n) is 6.47. The number of phenols is 1. The number of rotatable bonds is 5. The van der Waals surface area contributed by atoms with Crippen molar-refractivity contribution in [1.82, 2.24) is 0 Å². The summed E-state index contributed by atoms with van der Waals surface area (Å²) in [5, 5.41) is 10.4. The third kappa shape index (κ3) is 3.51. The fourth-order valence-electron chi connectivity index (χ4n) is 3.78. The van der Waals surface area contributed by atoms with Crippen molar-refractivity contribution in [2.24, 2.45) is 0 Å². The molecule has 2 aromatic rings. The van der Waals surface area contributed by atoms with Gasteiger partial charge in [-0.15, -0.1) is 11.8 Å². The summed E-state index contributed by atoms with van der Waals surface area (Å²) >= 11 is 1.43. The van der Waals surface area contributed by atoms with Gasteiger partial charge in [-0.05, 0) is 54.0 Å². The average molecular weight is 388 g/mol. The van der Waals surface area contributed by atoms with Gasteiger partial charge in [0.05, 0.1) is 25.7 Å². The molecule has 5 nitrogen and oxygen atoms in total. The van der Waals surface area contributed by atoms with Crippen LogP contribution in [0.5, 0.6) is 17.2 Å². The summed E-state index contributed by atoms with van der Waals surface area (Å²) in [5.41, 5.74) is 3.68. The molecule has 0 heterocycles. The van der Waals surface area contributed by atoms with E-state index in [1.165, 1.54) is 18.9 Å². The number of aryl methyl sites for hydroxylation is 1. The fraction of sp³-hybridized carbons (Fsp3) is 0.381. The Labute approximate surface area is 163 Å². The second kappa shape index (κ2) is 8.23. The van der Waals surface area contributed by atoms with Crippen molar-refractivity contribution >= 4 is 11.8 Å². The van der Waals surface area contributed by atoms with Crippen LogP contribution in [0.3, 0.4) is 0 Å². The Morgan fingerprint density at radius 2 is 1.89 bits per heavy atom. The van der Waals surface area contributed by atoms with Gasteiger partial charge in [-0.1, -0.05) is 6.07 Å². The van der Waals surface area contributed by atoms with Crippen LogP contribution >= 0.6 is 11.8 Å². The van der Waals surface area contributed by atoms with Crippen LogP contribution in [0.15, 0.2) is 34.0 Å². The van der Waals surface area contributed by atoms with Gasteiger partial charge in [-0.3, -0.25) is 4.79 Å². The Kier molecular flexibility index (Phi) is 5.97. The molecule has 6 heteroatoms. The second-order valence-corrected chi connectivity index (χ2v) is 7.31. The lowest BCUT2D eigenvalue weighted by molar-refractivity contribution is 0.176. The van der Waals surface area contributed by atoms with Crippen LogP contribution in [0.25, 0.3) is 11.1 Å². The molecule has 2 aromatic carbocycles. The molecule has 1 aliphatic rings. The number of ether oxygens (including phenoxy) is 3. The van der Waals surface area contributed by atoms with Crippen molar-refractivity contribution in [3.8, 4) is 28.4 Å². The van der Waals surface area contributed by atoms with Gasteiger partial charge in [0, 0.05) is 18.6 Å². The first-order valence-corrected chi connectivity index (χ1v) is 9.96. The summed E-state index contributed by atoms with van der Waals surface area (Å²) in [6.07, 6.45) is 3.43. The van der Waals surface area contributed by atoms with Crippen molar-refractivity contribution in [2.45, 2.75) is 23.7 Å². The number of fused-ring (bicyclic) bond motifs is 3. The van der Waals surface area contributed by atoms with Gasteiger partial charge >= 0.3 is 0 Å². The molecule has 0 amide bonds. The number of hydrogen-bond acceptors (Lipinski definition) is 6. The maximum Gasteiger partial charge on any atom is 0.203 e. The van der Waals surface area contributed by atoms with Gasteiger partial charge in [-0.25, -0.2) is 0 Å². The third-order valence-electron chi connectivity index (χ3n) is 5.01. The van der Waals surface area contributed by atoms with Crippen molar-refractivity contribution in [2.75, 3.05) is 34.2 Å². The van der Waals surface area contributed by atoms with E-state index in [0.717, 1.165) is 35.1 Å². The van der Waals surface area contributed by atoms with Crippen LogP contribution in [0.2, 0.25) is 0 Å². The van der Waals surface area contributed by atoms with Crippen LogP contribution in [0, 0.1) is 0 Å². The lowest BCUT2D eigenvalue weighted by Gasteiger charge is -2.18. The molecule has 0 bridgehead atoms. The van der Waals surface area contributed by atoms with Gasteiger partial charge in [0.1, 0.15) is 0 Å². The van der Waals surface area contributed by atoms with E-state index in [9.17, 15) is 9.90 Å². The lowest BCUT2D eigenvalue weighted by atomic mass is 9.93. The van der Waals surface area contributed by atoms with Gasteiger partial charge in [0.2, 0.25) is 5.75 Å². The van der Waals surface area contributed by atoms with Gasteiger partial charge in [-0.2, -0.15) is 0 Å². The first-order valence-electron chi connectivity index (χ1n) is 8.74. The van der Waals surface area contributed by atoms with Crippen molar-refractivity contribution < 1.29 is 19.3 Å². The maximum absolute atomic E-state index is 12.7. The topological polar surface area (TPSA) is 65.0 Å². The number of methoxy groups -OCH3 is 3. The van der Waals surface area contributed by atoms with Crippen molar-refractivity contribution in [3.05, 3.63) is 45.6 Å². The highest BCUT2D eigenvalue weighted by Crippen LogP contribution is 2.50. The van der Waals surface area contributed by atoms with E-state index in [1.807, 2.05) is 18.4 Å². The zero-order valence-corrected chi connectivity index (χ0v) is 16.8. The Morgan fingerprint density at radius 1 is 1.15 bits per heavy atom. The minimum atomic E-state index is -0.00184. The summed E-state index contributed by atoms with van der Waals surface area (Å²) in [6.45, 7) is 0.518. The smallest absolute Gasteiger partial charge is 0.203 e. The molecule has 0 aliphatic heterocycles. The van der Waals surface area contributed by atoms with E-state index >= 15 is 0 Å². The molecular formula is C21H24O5S. The van der Waals surface area contributed by atoms with Crippen LogP contribution in [0.4, 0.5) is 0 Å². The molecular weight excluding hydrogens is 364 g/mol. The van der Waals surface area contributed by atoms with Crippen LogP contribution in [-0.4, -0.2) is 39.3 Å². The molecule has 1 unspecified atom stereocenters. The van der Waals surface area contributed by atoms with Gasteiger partial charge < -0.3 is 19.3 Å². The third-order valence-corrected chi connectivity index (χ3v) is 5.78. The molecule has 1 atom stereocenters. The lowest BCUT2D eigenvalue weighted by Crippen LogP contribution is -2.09. The Balaban J connectivity index is 2.41. The van der Waals surface area contributed by atoms with E-state index in [0.29, 0.717) is 23.0 Å². The average Bonchev–Trinajstić information content (AvgIpc) is 2.90. The molecule has 1 N–H and O–H groups in total. The van der Waals surface area contributed by atoms with E-state index in [-0.39, 0.29) is 17.1 Å². The first kappa shape index (κ1) is 19.6. The highest BCUT2D eigenvalue weighted by molar-refractivity contribution is 7.98. The minimum absolute atomic E-state index is 0.00184. The fourth-order valence-corrected chi connectivity index (χ4v) is 4.25. The largest absolute Gasteiger partial charge is 0.504 e. The number of aromatic hydroxyl groups is 1. The summed E-state index contributed by atoms with van der Waals surface area (Å²) in [4.78, 5) is 13.4. The van der Waals surface area contributed by atoms with E-state index in [1.54, 1.807) is 26.4 Å². The zero-order chi connectivity index (χ0) is 19.6. The predicted octanol–water partition coefficient (Wildman–Crippen LogP) is 3.83. The molecule has 0 aromatic heterocycles. The molecule has 3 rings (SSSR count). The molecule has 0 saturated heterocycles. The van der Waals surface area contributed by atoms with Crippen LogP contribution < -0.4 is 14.9 Å². The Morgan fingerprint density at radius 3 is 2.52 bits per heavy atom. The summed E-state index contributed by atoms with van der Waals surface area (Å²) in [6, 6.07) is 7.27. The van der Waals surface area contributed by atoms with E-state index < -0.39 is 0 Å². The number of benzene rings is 1. The summed E-state index contributed by atoms with van der Waals surface area (Å²) in [7, 11) is 4.73. The molecule has 1 aliphatic carbocycles. The highest BCUT2D eigenvalue weighted by atomic mass is 32.2. The minimum Gasteiger partial charge on any atom is -0.504 e. The Bertz CT molecular complexity index is 910. The highest BCUT2D eigenvalue weighted by Gasteiger charge is 2.28. The molecule has 144 valence electrons. The standard InChI is InChI=1S/C21H24O5S/c1-24-11-13-6-5-12-9-17(23)20(25-2)21(26-3)19(12)14-7-8-18(27-4)16(22)10-15(13)14/h7-10,13,23H,5-6,11H2,1-4H3. The van der Waals surface area contributed by atoms with Crippen LogP contribution in [0.1, 0.15) is 23.5 Å². The normalized spacial score (nSPS) is 15.5. The number of phenolic OH excluding ortho intramolecular Hbond substituents is 1. The summed E-state index contributed by atoms with van der Waals surface area (Å²) < 4.78 is 16.5. The quantitative estimate of drug-likeness (QED) is 0.786. The predicted molar refractivity (Wildman–Crippen MR) is 108 cm³/mol. The van der Waals surface area contributed by atoms with E-state index in [2.05, 4.69) is 0 Å². The Hall–Kier alpha value is -2.18. The van der Waals surface area contributed by atoms with Crippen molar-refractivity contribution in [3.63, 3.8) is 0 Å². The molecule has 0 spiro atoms. The van der Waals surface area contributed by atoms with Crippen molar-refractivity contribution in [1.29, 1.82) is 0 Å². The van der Waals surface area contributed by atoms with Gasteiger partial charge in [0.25, 0.3) is 0 Å². The molecule has 27 heavy (non-hydrogen) atoms.